The summed E-state index contributed by atoms with van der Waals surface area (Å²) >= 11 is 0. The van der Waals surface area contributed by atoms with E-state index < -0.39 is 24.3 Å². The Morgan fingerprint density at radius 2 is 2.06 bits per heavy atom. The van der Waals surface area contributed by atoms with Gasteiger partial charge in [-0.2, -0.15) is 0 Å². The van der Waals surface area contributed by atoms with Crippen LogP contribution in [0.15, 0.2) is 24.3 Å². The van der Waals surface area contributed by atoms with E-state index in [1.165, 1.54) is 6.92 Å². The fraction of sp³-hybridized carbons (Fsp3) is 0.625. The molecular weight excluding hydrogens is 220 g/mol. The molecule has 1 fully saturated rings. The van der Waals surface area contributed by atoms with Gasteiger partial charge < -0.3 is 4.90 Å². The summed E-state index contributed by atoms with van der Waals surface area (Å²) in [4.78, 5) is 1.95. The molecule has 1 aromatic carbocycles. The van der Waals surface area contributed by atoms with Crippen LogP contribution in [0.5, 0.6) is 0 Å². The molecule has 1 aliphatic rings. The van der Waals surface area contributed by atoms with Crippen LogP contribution < -0.4 is 10.2 Å². The van der Waals surface area contributed by atoms with Crippen molar-refractivity contribution < 1.29 is 6.85 Å². The van der Waals surface area contributed by atoms with Gasteiger partial charge in [0.2, 0.25) is 0 Å². The van der Waals surface area contributed by atoms with Crippen LogP contribution in [0.3, 0.4) is 0 Å². The Balaban J connectivity index is 2.63. The zero-order valence-electron chi connectivity index (χ0n) is 16.8. The Morgan fingerprint density at radius 1 is 1.39 bits per heavy atom. The fourth-order valence-corrected chi connectivity index (χ4v) is 3.02. The van der Waals surface area contributed by atoms with Crippen molar-refractivity contribution in [1.29, 1.82) is 0 Å². The number of hydrogen-bond acceptors (Lipinski definition) is 2. The molecule has 18 heavy (non-hydrogen) atoms. The Bertz CT molecular complexity index is 596. The van der Waals surface area contributed by atoms with Gasteiger partial charge in [0, 0.05) is 23.6 Å². The molecule has 2 rings (SSSR count). The molecule has 1 unspecified atom stereocenters. The number of benzene rings is 1. The topological polar surface area (TPSA) is 15.3 Å². The van der Waals surface area contributed by atoms with Gasteiger partial charge in [0.15, 0.2) is 0 Å². The lowest BCUT2D eigenvalue weighted by Gasteiger charge is -2.55. The molecule has 0 aromatic heterocycles. The van der Waals surface area contributed by atoms with Crippen molar-refractivity contribution in [2.45, 2.75) is 65.1 Å². The summed E-state index contributed by atoms with van der Waals surface area (Å²) in [6.07, 6.45) is -2.31. The summed E-state index contributed by atoms with van der Waals surface area (Å²) in [7, 11) is 0. The number of rotatable bonds is 1. The first-order chi connectivity index (χ1) is 10.3. The van der Waals surface area contributed by atoms with Crippen LogP contribution in [-0.4, -0.2) is 17.2 Å². The van der Waals surface area contributed by atoms with Crippen LogP contribution in [0, 0.1) is 6.92 Å². The van der Waals surface area contributed by atoms with E-state index in [2.05, 4.69) is 5.32 Å². The molecule has 0 saturated carbocycles. The van der Waals surface area contributed by atoms with Crippen molar-refractivity contribution in [3.05, 3.63) is 29.8 Å². The Hall–Kier alpha value is -1.02. The van der Waals surface area contributed by atoms with E-state index in [-0.39, 0.29) is 6.17 Å². The average molecular weight is 251 g/mol. The molecule has 0 bridgehead atoms. The first kappa shape index (κ1) is 8.21. The average Bonchev–Trinajstić information content (AvgIpc) is 2.38. The maximum Gasteiger partial charge on any atom is 0.0776 e. The second-order valence-electron chi connectivity index (χ2n) is 5.79. The van der Waals surface area contributed by atoms with Gasteiger partial charge in [-0.1, -0.05) is 18.2 Å². The predicted molar refractivity (Wildman–Crippen MR) is 79.0 cm³/mol. The van der Waals surface area contributed by atoms with Gasteiger partial charge >= 0.3 is 0 Å². The smallest absolute Gasteiger partial charge is 0.0776 e. The first-order valence-electron chi connectivity index (χ1n) is 8.90. The number of nitrogens with zero attached hydrogens (tertiary/aromatic N) is 1. The minimum Gasteiger partial charge on any atom is -0.351 e. The van der Waals surface area contributed by atoms with Gasteiger partial charge in [-0.25, -0.2) is 0 Å². The number of anilines is 1. The van der Waals surface area contributed by atoms with Crippen LogP contribution in [-0.2, 0) is 0 Å². The van der Waals surface area contributed by atoms with Crippen molar-refractivity contribution in [3.8, 4) is 0 Å². The Morgan fingerprint density at radius 3 is 2.67 bits per heavy atom. The van der Waals surface area contributed by atoms with Gasteiger partial charge in [0.05, 0.1) is 6.17 Å². The molecule has 0 radical (unpaired) electrons. The summed E-state index contributed by atoms with van der Waals surface area (Å²) in [6, 6.07) is 7.78. The third-order valence-electron chi connectivity index (χ3n) is 3.42. The van der Waals surface area contributed by atoms with E-state index in [4.69, 9.17) is 6.85 Å². The summed E-state index contributed by atoms with van der Waals surface area (Å²) in [5, 5.41) is 3.04. The normalized spacial score (nSPS) is 39.1. The highest BCUT2D eigenvalue weighted by atomic mass is 15.4. The van der Waals surface area contributed by atoms with E-state index in [0.29, 0.717) is 0 Å². The van der Waals surface area contributed by atoms with Crippen LogP contribution in [0.25, 0.3) is 0 Å². The number of nitrogens with one attached hydrogen (secondary N) is 1. The summed E-state index contributed by atoms with van der Waals surface area (Å²) in [5.41, 5.74) is -0.703. The molecule has 2 heteroatoms. The maximum atomic E-state index is 8.68. The van der Waals surface area contributed by atoms with Gasteiger partial charge in [-0.15, -0.1) is 0 Å². The van der Waals surface area contributed by atoms with Gasteiger partial charge in [-0.05, 0) is 59.5 Å². The zero-order valence-corrected chi connectivity index (χ0v) is 11.8. The fourth-order valence-electron chi connectivity index (χ4n) is 3.02. The van der Waals surface area contributed by atoms with Gasteiger partial charge in [-0.3, -0.25) is 5.32 Å². The highest BCUT2D eigenvalue weighted by Crippen LogP contribution is 2.37. The molecule has 100 valence electrons. The minimum absolute atomic E-state index is 0.319. The van der Waals surface area contributed by atoms with E-state index >= 15 is 0 Å². The second kappa shape index (κ2) is 4.27. The zero-order chi connectivity index (χ0) is 17.8. The molecule has 0 spiro atoms. The van der Waals surface area contributed by atoms with Crippen LogP contribution >= 0.6 is 0 Å². The number of hydrogen-bond donors (Lipinski definition) is 1. The SMILES string of the molecule is [2H]C([2H])([2H])C1(C)N[C@H](C)N(c2ccccc2C)C(C)(C)C1([2H])[2H]. The standard InChI is InChI=1S/C16H26N2/c1-12-9-7-8-10-14(12)18-13(2)17-15(3,4)11-16(18,5)6/h7-10,13,17H,11H2,1-6H3/t13-/m0/s1/i3D3,11D2/t13-,15?. The predicted octanol–water partition coefficient (Wildman–Crippen LogP) is 3.70. The molecule has 1 aliphatic heterocycles. The van der Waals surface area contributed by atoms with Crippen molar-refractivity contribution >= 4 is 5.69 Å². The summed E-state index contributed by atoms with van der Waals surface area (Å²) < 4.78 is 41.0. The molecule has 1 heterocycles. The summed E-state index contributed by atoms with van der Waals surface area (Å²) in [5.74, 6) is 0. The molecule has 0 aliphatic carbocycles. The van der Waals surface area contributed by atoms with Crippen LogP contribution in [0.4, 0.5) is 5.69 Å². The Labute approximate surface area is 118 Å². The van der Waals surface area contributed by atoms with E-state index in [9.17, 15) is 0 Å². The molecule has 2 atom stereocenters. The van der Waals surface area contributed by atoms with Crippen LogP contribution in [0.1, 0.15) is 53.3 Å². The van der Waals surface area contributed by atoms with E-state index in [1.807, 2.05) is 43.0 Å². The second-order valence-corrected chi connectivity index (χ2v) is 5.79. The number of para-hydroxylation sites is 1. The first-order valence-corrected chi connectivity index (χ1v) is 6.40. The third-order valence-corrected chi connectivity index (χ3v) is 3.42. The third kappa shape index (κ3) is 2.39. The minimum atomic E-state index is -2.46. The lowest BCUT2D eigenvalue weighted by atomic mass is 9.81. The molecule has 0 amide bonds. The van der Waals surface area contributed by atoms with E-state index in [0.717, 1.165) is 11.3 Å². The largest absolute Gasteiger partial charge is 0.351 e. The number of aryl methyl sites for hydroxylation is 1. The summed E-state index contributed by atoms with van der Waals surface area (Å²) in [6.45, 7) is 6.42. The monoisotopic (exact) mass is 251 g/mol. The van der Waals surface area contributed by atoms with Crippen molar-refractivity contribution in [3.63, 3.8) is 0 Å². The molecule has 1 aromatic rings. The van der Waals surface area contributed by atoms with Gasteiger partial charge in [0.25, 0.3) is 0 Å². The highest BCUT2D eigenvalue weighted by Gasteiger charge is 2.42. The van der Waals surface area contributed by atoms with Crippen molar-refractivity contribution in [2.75, 3.05) is 4.90 Å². The lowest BCUT2D eigenvalue weighted by molar-refractivity contribution is 0.182. The van der Waals surface area contributed by atoms with Crippen molar-refractivity contribution in [1.82, 2.24) is 5.32 Å². The molecule has 2 nitrogen and oxygen atoms in total. The Kier molecular flexibility index (Phi) is 1.95. The lowest BCUT2D eigenvalue weighted by Crippen LogP contribution is -2.67. The maximum absolute atomic E-state index is 8.68. The molecule has 1 N–H and O–H groups in total. The van der Waals surface area contributed by atoms with Gasteiger partial charge in [0.1, 0.15) is 0 Å². The quantitative estimate of drug-likeness (QED) is 0.819. The highest BCUT2D eigenvalue weighted by molar-refractivity contribution is 5.56. The molecular formula is C16H26N2. The van der Waals surface area contributed by atoms with E-state index in [1.54, 1.807) is 13.8 Å². The van der Waals surface area contributed by atoms with Crippen LogP contribution in [0.2, 0.25) is 0 Å². The molecule has 1 saturated heterocycles. The van der Waals surface area contributed by atoms with Crippen molar-refractivity contribution in [2.24, 2.45) is 0 Å².